The number of hydrogen-bond donors (Lipinski definition) is 0. The van der Waals surface area contributed by atoms with Gasteiger partial charge < -0.3 is 4.90 Å². The Morgan fingerprint density at radius 1 is 1.45 bits per heavy atom. The Bertz CT molecular complexity index is 533. The van der Waals surface area contributed by atoms with Crippen LogP contribution in [0.3, 0.4) is 0 Å². The second kappa shape index (κ2) is 5.49. The lowest BCUT2D eigenvalue weighted by atomic mass is 9.97. The number of nitriles is 1. The maximum Gasteiger partial charge on any atom is 0.393 e. The Morgan fingerprint density at radius 3 is 2.75 bits per heavy atom. The highest BCUT2D eigenvalue weighted by molar-refractivity contribution is 5.92. The van der Waals surface area contributed by atoms with E-state index in [1.807, 2.05) is 6.07 Å². The second-order valence-corrected chi connectivity index (χ2v) is 4.68. The summed E-state index contributed by atoms with van der Waals surface area (Å²) in [5, 5.41) is 8.63. The van der Waals surface area contributed by atoms with E-state index in [0.717, 1.165) is 0 Å². The maximum atomic E-state index is 12.7. The van der Waals surface area contributed by atoms with Crippen LogP contribution in [0.5, 0.6) is 0 Å². The first-order chi connectivity index (χ1) is 9.41. The summed E-state index contributed by atoms with van der Waals surface area (Å²) in [5.74, 6) is -2.00. The van der Waals surface area contributed by atoms with Crippen molar-refractivity contribution in [3.8, 4) is 6.07 Å². The van der Waals surface area contributed by atoms with Gasteiger partial charge in [-0.1, -0.05) is 0 Å². The Hall–Kier alpha value is -2.10. The van der Waals surface area contributed by atoms with Crippen molar-refractivity contribution in [3.63, 3.8) is 0 Å². The largest absolute Gasteiger partial charge is 0.393 e. The van der Waals surface area contributed by atoms with E-state index in [2.05, 4.69) is 4.98 Å². The number of hydrogen-bond acceptors (Lipinski definition) is 3. The summed E-state index contributed by atoms with van der Waals surface area (Å²) in [5.41, 5.74) is 0.361. The van der Waals surface area contributed by atoms with Gasteiger partial charge in [-0.05, 0) is 25.0 Å². The Morgan fingerprint density at radius 2 is 2.20 bits per heavy atom. The van der Waals surface area contributed by atoms with Crippen LogP contribution in [0, 0.1) is 17.2 Å². The molecule has 0 radical (unpaired) electrons. The van der Waals surface area contributed by atoms with Gasteiger partial charge in [-0.15, -0.1) is 0 Å². The van der Waals surface area contributed by atoms with E-state index < -0.39 is 18.0 Å². The molecule has 1 amide bonds. The maximum absolute atomic E-state index is 12.7. The van der Waals surface area contributed by atoms with Crippen molar-refractivity contribution >= 4 is 5.91 Å². The Kier molecular flexibility index (Phi) is 3.93. The molecule has 7 heteroatoms. The van der Waals surface area contributed by atoms with Crippen molar-refractivity contribution < 1.29 is 18.0 Å². The molecule has 1 aliphatic heterocycles. The summed E-state index contributed by atoms with van der Waals surface area (Å²) < 4.78 is 38.1. The number of aromatic nitrogens is 1. The monoisotopic (exact) mass is 283 g/mol. The molecule has 1 saturated heterocycles. The normalized spacial score (nSPS) is 19.5. The van der Waals surface area contributed by atoms with Crippen molar-refractivity contribution in [2.75, 3.05) is 13.1 Å². The van der Waals surface area contributed by atoms with Gasteiger partial charge in [0, 0.05) is 19.3 Å². The van der Waals surface area contributed by atoms with Crippen LogP contribution in [0.1, 0.15) is 28.9 Å². The molecule has 106 valence electrons. The van der Waals surface area contributed by atoms with Crippen molar-refractivity contribution in [1.29, 1.82) is 5.26 Å². The zero-order valence-corrected chi connectivity index (χ0v) is 10.5. The number of pyridine rings is 1. The van der Waals surface area contributed by atoms with Crippen LogP contribution in [-0.4, -0.2) is 35.1 Å². The first kappa shape index (κ1) is 14.3. The highest BCUT2D eigenvalue weighted by Crippen LogP contribution is 2.33. The minimum absolute atomic E-state index is 0.0497. The zero-order valence-electron chi connectivity index (χ0n) is 10.5. The number of alkyl halides is 3. The van der Waals surface area contributed by atoms with E-state index >= 15 is 0 Å². The lowest BCUT2D eigenvalue weighted by molar-refractivity contribution is -0.184. The van der Waals surface area contributed by atoms with Gasteiger partial charge in [0.15, 0.2) is 0 Å². The molecular formula is C13H12F3N3O. The first-order valence-electron chi connectivity index (χ1n) is 6.14. The topological polar surface area (TPSA) is 57.0 Å². The number of carbonyl (C=O) groups is 1. The zero-order chi connectivity index (χ0) is 14.8. The molecule has 0 N–H and O–H groups in total. The van der Waals surface area contributed by atoms with Crippen LogP contribution in [0.15, 0.2) is 18.3 Å². The lowest BCUT2D eigenvalue weighted by Gasteiger charge is -2.33. The summed E-state index contributed by atoms with van der Waals surface area (Å²) >= 11 is 0. The predicted molar refractivity (Wildman–Crippen MR) is 63.6 cm³/mol. The molecule has 0 bridgehead atoms. The molecule has 4 nitrogen and oxygen atoms in total. The highest BCUT2D eigenvalue weighted by atomic mass is 19.4. The van der Waals surface area contributed by atoms with E-state index in [-0.39, 0.29) is 18.7 Å². The number of rotatable bonds is 1. The average Bonchev–Trinajstić information content (AvgIpc) is 2.46. The van der Waals surface area contributed by atoms with Gasteiger partial charge in [-0.2, -0.15) is 18.4 Å². The van der Waals surface area contributed by atoms with E-state index in [9.17, 15) is 18.0 Å². The van der Waals surface area contributed by atoms with Crippen LogP contribution in [0.4, 0.5) is 13.2 Å². The van der Waals surface area contributed by atoms with Gasteiger partial charge in [-0.3, -0.25) is 4.79 Å². The Balaban J connectivity index is 2.10. The van der Waals surface area contributed by atoms with Crippen molar-refractivity contribution in [2.45, 2.75) is 19.0 Å². The molecule has 1 aromatic rings. The molecule has 1 atom stereocenters. The Labute approximate surface area is 113 Å². The predicted octanol–water partition coefficient (Wildman–Crippen LogP) is 2.37. The quantitative estimate of drug-likeness (QED) is 0.795. The molecule has 1 aliphatic rings. The highest BCUT2D eigenvalue weighted by Gasteiger charge is 2.42. The van der Waals surface area contributed by atoms with E-state index in [0.29, 0.717) is 18.5 Å². The van der Waals surface area contributed by atoms with Crippen LogP contribution in [-0.2, 0) is 0 Å². The second-order valence-electron chi connectivity index (χ2n) is 4.68. The molecule has 1 unspecified atom stereocenters. The standard InChI is InChI=1S/C13H12F3N3O/c14-13(15,16)10-2-1-5-19(8-10)12(20)11-4-3-9(6-17)7-18-11/h3-4,7,10H,1-2,5,8H2. The summed E-state index contributed by atoms with van der Waals surface area (Å²) in [6.07, 6.45) is -2.67. The molecule has 1 aromatic heterocycles. The molecule has 0 aliphatic carbocycles. The van der Waals surface area contributed by atoms with Gasteiger partial charge in [0.05, 0.1) is 11.5 Å². The summed E-state index contributed by atoms with van der Waals surface area (Å²) in [7, 11) is 0. The van der Waals surface area contributed by atoms with Crippen LogP contribution < -0.4 is 0 Å². The third kappa shape index (κ3) is 3.07. The third-order valence-corrected chi connectivity index (χ3v) is 3.28. The molecule has 0 saturated carbocycles. The minimum Gasteiger partial charge on any atom is -0.337 e. The van der Waals surface area contributed by atoms with Gasteiger partial charge in [0.1, 0.15) is 11.8 Å². The molecule has 0 aromatic carbocycles. The van der Waals surface area contributed by atoms with E-state index in [1.165, 1.54) is 23.2 Å². The number of piperidine rings is 1. The minimum atomic E-state index is -4.28. The summed E-state index contributed by atoms with van der Waals surface area (Å²) in [6.45, 7) is -0.0306. The number of carbonyl (C=O) groups excluding carboxylic acids is 1. The molecule has 2 heterocycles. The molecule has 20 heavy (non-hydrogen) atoms. The van der Waals surface area contributed by atoms with Crippen LogP contribution in [0.2, 0.25) is 0 Å². The van der Waals surface area contributed by atoms with Gasteiger partial charge in [-0.25, -0.2) is 4.98 Å². The fourth-order valence-corrected chi connectivity index (χ4v) is 2.18. The van der Waals surface area contributed by atoms with Crippen molar-refractivity contribution in [3.05, 3.63) is 29.6 Å². The number of likely N-dealkylation sites (tertiary alicyclic amines) is 1. The molecule has 1 fully saturated rings. The molecular weight excluding hydrogens is 271 g/mol. The number of nitrogens with zero attached hydrogens (tertiary/aromatic N) is 3. The fraction of sp³-hybridized carbons (Fsp3) is 0.462. The van der Waals surface area contributed by atoms with Crippen molar-refractivity contribution in [1.82, 2.24) is 9.88 Å². The van der Waals surface area contributed by atoms with Crippen LogP contribution >= 0.6 is 0 Å². The van der Waals surface area contributed by atoms with Crippen LogP contribution in [0.25, 0.3) is 0 Å². The van der Waals surface area contributed by atoms with Gasteiger partial charge in [0.25, 0.3) is 5.91 Å². The molecule has 2 rings (SSSR count). The van der Waals surface area contributed by atoms with E-state index in [1.54, 1.807) is 0 Å². The van der Waals surface area contributed by atoms with E-state index in [4.69, 9.17) is 5.26 Å². The summed E-state index contributed by atoms with van der Waals surface area (Å²) in [4.78, 5) is 17.1. The lowest BCUT2D eigenvalue weighted by Crippen LogP contribution is -2.44. The average molecular weight is 283 g/mol. The first-order valence-corrected chi connectivity index (χ1v) is 6.14. The van der Waals surface area contributed by atoms with Gasteiger partial charge >= 0.3 is 6.18 Å². The number of amides is 1. The van der Waals surface area contributed by atoms with Crippen molar-refractivity contribution in [2.24, 2.45) is 5.92 Å². The number of halogens is 3. The SMILES string of the molecule is N#Cc1ccc(C(=O)N2CCCC(C(F)(F)F)C2)nc1. The third-order valence-electron chi connectivity index (χ3n) is 3.28. The smallest absolute Gasteiger partial charge is 0.337 e. The molecule has 0 spiro atoms. The fourth-order valence-electron chi connectivity index (χ4n) is 2.18. The van der Waals surface area contributed by atoms with Gasteiger partial charge in [0.2, 0.25) is 0 Å². The summed E-state index contributed by atoms with van der Waals surface area (Å²) in [6, 6.07) is 4.64.